The van der Waals surface area contributed by atoms with Gasteiger partial charge in [-0.2, -0.15) is 0 Å². The van der Waals surface area contributed by atoms with Crippen LogP contribution in [0.5, 0.6) is 0 Å². The molecule has 7 nitrogen and oxygen atoms in total. The number of carboxylic acid groups (broad SMARTS) is 1. The van der Waals surface area contributed by atoms with Crippen molar-refractivity contribution in [2.45, 2.75) is 46.6 Å². The first-order valence-corrected chi connectivity index (χ1v) is 11.7. The standard InChI is InChI=1S/C27H26ClNO6/c1-5-13(2)23(26(31)32)29-22(30)11-19-14(3)18-10-20-21(16-6-8-17(28)9-7-16)12-34-24(20)15(4)25(18)35-27(19)33/h6-10,12-13,23H,5,11H2,1-4H3,(H,29,30)(H,31,32)/p-1/t13-,23+/m1/s1. The van der Waals surface area contributed by atoms with E-state index < -0.39 is 23.5 Å². The molecule has 2 aromatic heterocycles. The van der Waals surface area contributed by atoms with Gasteiger partial charge >= 0.3 is 5.63 Å². The fraction of sp³-hybridized carbons (Fsp3) is 0.296. The Hall–Kier alpha value is -3.58. The molecule has 0 aliphatic rings. The van der Waals surface area contributed by atoms with E-state index in [0.717, 1.165) is 16.5 Å². The number of carbonyl (C=O) groups excluding carboxylic acids is 2. The minimum Gasteiger partial charge on any atom is -0.548 e. The van der Waals surface area contributed by atoms with E-state index >= 15 is 0 Å². The largest absolute Gasteiger partial charge is 0.548 e. The van der Waals surface area contributed by atoms with Crippen LogP contribution in [0.3, 0.4) is 0 Å². The lowest BCUT2D eigenvalue weighted by Gasteiger charge is -2.25. The van der Waals surface area contributed by atoms with Crippen LogP contribution in [0.1, 0.15) is 37.0 Å². The summed E-state index contributed by atoms with van der Waals surface area (Å²) in [5, 5.41) is 16.1. The van der Waals surface area contributed by atoms with Gasteiger partial charge in [-0.15, -0.1) is 0 Å². The molecule has 182 valence electrons. The first-order chi connectivity index (χ1) is 16.6. The van der Waals surface area contributed by atoms with E-state index in [1.54, 1.807) is 32.2 Å². The average Bonchev–Trinajstić information content (AvgIpc) is 3.25. The number of hydrogen-bond acceptors (Lipinski definition) is 6. The normalized spacial score (nSPS) is 13.2. The molecule has 2 aromatic carbocycles. The molecule has 2 heterocycles. The van der Waals surface area contributed by atoms with Gasteiger partial charge in [0.2, 0.25) is 5.91 Å². The van der Waals surface area contributed by atoms with Crippen molar-refractivity contribution < 1.29 is 23.5 Å². The molecule has 0 unspecified atom stereocenters. The second-order valence-electron chi connectivity index (χ2n) is 8.83. The highest BCUT2D eigenvalue weighted by Gasteiger charge is 2.23. The number of furan rings is 1. The van der Waals surface area contributed by atoms with Crippen LogP contribution >= 0.6 is 11.6 Å². The zero-order valence-corrected chi connectivity index (χ0v) is 20.6. The molecule has 1 amide bonds. The number of carbonyl (C=O) groups is 2. The maximum absolute atomic E-state index is 12.8. The summed E-state index contributed by atoms with van der Waals surface area (Å²) in [5.74, 6) is -2.26. The molecule has 4 rings (SSSR count). The van der Waals surface area contributed by atoms with Gasteiger partial charge < -0.3 is 24.1 Å². The number of aliphatic carboxylic acids is 1. The van der Waals surface area contributed by atoms with Gasteiger partial charge in [-0.1, -0.05) is 44.0 Å². The summed E-state index contributed by atoms with van der Waals surface area (Å²) in [4.78, 5) is 37.0. The van der Waals surface area contributed by atoms with Gasteiger partial charge in [0.15, 0.2) is 0 Å². The second kappa shape index (κ2) is 9.58. The van der Waals surface area contributed by atoms with Gasteiger partial charge in [0.1, 0.15) is 11.2 Å². The molecular weight excluding hydrogens is 470 g/mol. The van der Waals surface area contributed by atoms with Gasteiger partial charge in [-0.05, 0) is 49.1 Å². The van der Waals surface area contributed by atoms with E-state index in [1.165, 1.54) is 0 Å². The number of fused-ring (bicyclic) bond motifs is 2. The maximum Gasteiger partial charge on any atom is 0.340 e. The highest BCUT2D eigenvalue weighted by Crippen LogP contribution is 2.37. The monoisotopic (exact) mass is 494 g/mol. The summed E-state index contributed by atoms with van der Waals surface area (Å²) < 4.78 is 11.4. The van der Waals surface area contributed by atoms with Crippen molar-refractivity contribution >= 4 is 45.4 Å². The van der Waals surface area contributed by atoms with E-state index in [0.29, 0.717) is 39.1 Å². The summed E-state index contributed by atoms with van der Waals surface area (Å²) in [6.07, 6.45) is 1.89. The van der Waals surface area contributed by atoms with Crippen molar-refractivity contribution in [3.8, 4) is 11.1 Å². The van der Waals surface area contributed by atoms with Crippen molar-refractivity contribution in [2.24, 2.45) is 5.92 Å². The first-order valence-electron chi connectivity index (χ1n) is 11.4. The molecule has 8 heteroatoms. The summed E-state index contributed by atoms with van der Waals surface area (Å²) >= 11 is 6.03. The fourth-order valence-corrected chi connectivity index (χ4v) is 4.43. The Kier molecular flexibility index (Phi) is 6.72. The van der Waals surface area contributed by atoms with Gasteiger partial charge in [0.25, 0.3) is 0 Å². The fourth-order valence-electron chi connectivity index (χ4n) is 4.31. The number of rotatable bonds is 7. The molecule has 0 aliphatic carbocycles. The summed E-state index contributed by atoms with van der Waals surface area (Å²) in [6.45, 7) is 7.10. The van der Waals surface area contributed by atoms with Crippen LogP contribution in [-0.4, -0.2) is 17.9 Å². The second-order valence-corrected chi connectivity index (χ2v) is 9.27. The third kappa shape index (κ3) is 4.56. The summed E-state index contributed by atoms with van der Waals surface area (Å²) in [6, 6.07) is 8.12. The first kappa shape index (κ1) is 24.5. The Morgan fingerprint density at radius 2 is 1.77 bits per heavy atom. The van der Waals surface area contributed by atoms with Gasteiger partial charge in [0, 0.05) is 26.9 Å². The molecule has 0 fully saturated rings. The highest BCUT2D eigenvalue weighted by atomic mass is 35.5. The average molecular weight is 495 g/mol. The molecule has 0 aliphatic heterocycles. The van der Waals surface area contributed by atoms with Crippen molar-refractivity contribution in [3.63, 3.8) is 0 Å². The SMILES string of the molecule is CC[C@@H](C)[C@H](NC(=O)Cc1c(C)c2cc3c(-c4ccc(Cl)cc4)coc3c(C)c2oc1=O)C(=O)[O-]. The van der Waals surface area contributed by atoms with E-state index in [2.05, 4.69) is 5.32 Å². The van der Waals surface area contributed by atoms with Crippen molar-refractivity contribution in [1.29, 1.82) is 0 Å². The van der Waals surface area contributed by atoms with E-state index in [-0.39, 0.29) is 17.9 Å². The van der Waals surface area contributed by atoms with E-state index in [1.807, 2.05) is 32.0 Å². The Balaban J connectivity index is 1.79. The zero-order chi connectivity index (χ0) is 25.4. The van der Waals surface area contributed by atoms with Crippen LogP contribution in [0.25, 0.3) is 33.1 Å². The smallest absolute Gasteiger partial charge is 0.340 e. The van der Waals surface area contributed by atoms with Crippen molar-refractivity contribution in [1.82, 2.24) is 5.32 Å². The quantitative estimate of drug-likeness (QED) is 0.383. The third-order valence-corrected chi connectivity index (χ3v) is 6.87. The number of amides is 1. The maximum atomic E-state index is 12.8. The highest BCUT2D eigenvalue weighted by molar-refractivity contribution is 6.30. The molecular formula is C27H25ClNO6-. The zero-order valence-electron chi connectivity index (χ0n) is 19.9. The van der Waals surface area contributed by atoms with Crippen molar-refractivity contribution in [3.05, 3.63) is 68.7 Å². The number of nitrogens with one attached hydrogen (secondary N) is 1. The molecule has 1 N–H and O–H groups in total. The number of hydrogen-bond donors (Lipinski definition) is 1. The van der Waals surface area contributed by atoms with Crippen LogP contribution in [-0.2, 0) is 16.0 Å². The third-order valence-electron chi connectivity index (χ3n) is 6.62. The lowest BCUT2D eigenvalue weighted by Crippen LogP contribution is -2.51. The van der Waals surface area contributed by atoms with Gasteiger partial charge in [-0.3, -0.25) is 4.79 Å². The van der Waals surface area contributed by atoms with E-state index in [9.17, 15) is 19.5 Å². The van der Waals surface area contributed by atoms with Crippen LogP contribution in [0.4, 0.5) is 0 Å². The molecule has 35 heavy (non-hydrogen) atoms. The Labute approximate surface area is 206 Å². The molecule has 0 saturated heterocycles. The number of carboxylic acids is 1. The predicted octanol–water partition coefficient (Wildman–Crippen LogP) is 4.30. The molecule has 0 radical (unpaired) electrons. The Morgan fingerprint density at radius 3 is 2.40 bits per heavy atom. The summed E-state index contributed by atoms with van der Waals surface area (Å²) in [5.41, 5.74) is 3.54. The number of aryl methyl sites for hydroxylation is 2. The van der Waals surface area contributed by atoms with Crippen LogP contribution in [0, 0.1) is 19.8 Å². The number of halogens is 1. The number of benzene rings is 2. The minimum absolute atomic E-state index is 0.173. The van der Waals surface area contributed by atoms with Crippen LogP contribution in [0.15, 0.2) is 50.2 Å². The van der Waals surface area contributed by atoms with Crippen LogP contribution in [0.2, 0.25) is 5.02 Å². The van der Waals surface area contributed by atoms with Crippen LogP contribution < -0.4 is 16.0 Å². The topological polar surface area (TPSA) is 113 Å². The van der Waals surface area contributed by atoms with E-state index in [4.69, 9.17) is 20.4 Å². The summed E-state index contributed by atoms with van der Waals surface area (Å²) in [7, 11) is 0. The molecule has 0 bridgehead atoms. The lowest BCUT2D eigenvalue weighted by atomic mass is 9.96. The molecule has 0 spiro atoms. The Bertz CT molecular complexity index is 1500. The Morgan fingerprint density at radius 1 is 1.09 bits per heavy atom. The van der Waals surface area contributed by atoms with Gasteiger partial charge in [0.05, 0.1) is 30.3 Å². The predicted molar refractivity (Wildman–Crippen MR) is 132 cm³/mol. The minimum atomic E-state index is -1.36. The lowest BCUT2D eigenvalue weighted by molar-refractivity contribution is -0.309. The molecule has 0 saturated carbocycles. The molecule has 4 aromatic rings. The van der Waals surface area contributed by atoms with Crippen molar-refractivity contribution in [2.75, 3.05) is 0 Å². The molecule has 2 atom stereocenters. The van der Waals surface area contributed by atoms with Gasteiger partial charge in [-0.25, -0.2) is 4.79 Å².